The van der Waals surface area contributed by atoms with Crippen molar-refractivity contribution in [1.29, 1.82) is 5.26 Å². The molecule has 1 N–H and O–H groups in total. The zero-order chi connectivity index (χ0) is 17.6. The topological polar surface area (TPSA) is 116 Å². The molecule has 0 bridgehead atoms. The molecular formula is C16H16N6O2S. The largest absolute Gasteiger partial charge is 0.347 e. The number of rotatable bonds is 3. The van der Waals surface area contributed by atoms with Crippen molar-refractivity contribution < 1.29 is 8.42 Å². The molecule has 1 atom stereocenters. The molecule has 0 aromatic carbocycles. The second-order valence-electron chi connectivity index (χ2n) is 6.19. The number of fused-ring (bicyclic) bond motifs is 3. The molecule has 3 aromatic rings. The van der Waals surface area contributed by atoms with Gasteiger partial charge in [0, 0.05) is 41.7 Å². The molecular weight excluding hydrogens is 340 g/mol. The fourth-order valence-corrected chi connectivity index (χ4v) is 4.62. The van der Waals surface area contributed by atoms with Gasteiger partial charge in [-0.2, -0.15) is 5.26 Å². The Labute approximate surface area is 144 Å². The maximum Gasteiger partial charge on any atom is 0.227 e. The summed E-state index contributed by atoms with van der Waals surface area (Å²) in [7, 11) is -3.53. The van der Waals surface area contributed by atoms with E-state index in [-0.39, 0.29) is 5.92 Å². The van der Waals surface area contributed by atoms with Gasteiger partial charge in [0.1, 0.15) is 5.82 Å². The van der Waals surface area contributed by atoms with E-state index in [1.165, 1.54) is 4.31 Å². The van der Waals surface area contributed by atoms with Crippen molar-refractivity contribution in [2.75, 3.05) is 18.8 Å². The SMILES string of the molecule is Cc1nc2cnc3nccc3c2c(C2CCN(S(=O)(=O)CC#N)C2)[nH]1. The summed E-state index contributed by atoms with van der Waals surface area (Å²) in [6.07, 6.45) is 4.10. The first-order valence-corrected chi connectivity index (χ1v) is 9.55. The molecule has 1 saturated heterocycles. The van der Waals surface area contributed by atoms with Gasteiger partial charge in [-0.25, -0.2) is 27.7 Å². The summed E-state index contributed by atoms with van der Waals surface area (Å²) in [6.45, 7) is 2.64. The number of aromatic nitrogens is 4. The smallest absolute Gasteiger partial charge is 0.227 e. The van der Waals surface area contributed by atoms with Crippen LogP contribution in [0, 0.1) is 18.3 Å². The molecule has 0 saturated carbocycles. The minimum absolute atomic E-state index is 0.0122. The number of aryl methyl sites for hydroxylation is 1. The molecule has 1 fully saturated rings. The zero-order valence-electron chi connectivity index (χ0n) is 13.6. The molecule has 4 rings (SSSR count). The second-order valence-corrected chi connectivity index (χ2v) is 8.16. The second kappa shape index (κ2) is 5.75. The van der Waals surface area contributed by atoms with Gasteiger partial charge in [0.2, 0.25) is 10.0 Å². The Balaban J connectivity index is 1.82. The lowest BCUT2D eigenvalue weighted by Crippen LogP contribution is -2.30. The van der Waals surface area contributed by atoms with Crippen LogP contribution in [0.4, 0.5) is 0 Å². The normalized spacial score (nSPS) is 18.8. The van der Waals surface area contributed by atoms with Crippen LogP contribution in [0.25, 0.3) is 21.9 Å². The highest BCUT2D eigenvalue weighted by molar-refractivity contribution is 7.89. The Morgan fingerprint density at radius 3 is 3.08 bits per heavy atom. The van der Waals surface area contributed by atoms with Crippen LogP contribution < -0.4 is 0 Å². The van der Waals surface area contributed by atoms with Crippen LogP contribution in [0.3, 0.4) is 0 Å². The predicted molar refractivity (Wildman–Crippen MR) is 92.3 cm³/mol. The van der Waals surface area contributed by atoms with Crippen molar-refractivity contribution in [3.05, 3.63) is 30.0 Å². The van der Waals surface area contributed by atoms with Crippen LogP contribution in [0.5, 0.6) is 0 Å². The first kappa shape index (κ1) is 15.9. The molecule has 128 valence electrons. The maximum atomic E-state index is 12.2. The number of hydrogen-bond donors (Lipinski definition) is 1. The van der Waals surface area contributed by atoms with Crippen molar-refractivity contribution in [3.63, 3.8) is 0 Å². The van der Waals surface area contributed by atoms with Gasteiger partial charge in [0.15, 0.2) is 11.4 Å². The first-order valence-electron chi connectivity index (χ1n) is 7.94. The molecule has 25 heavy (non-hydrogen) atoms. The number of nitriles is 1. The summed E-state index contributed by atoms with van der Waals surface area (Å²) in [5.74, 6) is 0.278. The number of nitrogens with one attached hydrogen (secondary N) is 1. The summed E-state index contributed by atoms with van der Waals surface area (Å²) in [4.78, 5) is 16.4. The Hall–Kier alpha value is -2.57. The Morgan fingerprint density at radius 2 is 2.28 bits per heavy atom. The van der Waals surface area contributed by atoms with Gasteiger partial charge in [-0.15, -0.1) is 0 Å². The third-order valence-electron chi connectivity index (χ3n) is 4.59. The molecule has 0 aliphatic carbocycles. The summed E-state index contributed by atoms with van der Waals surface area (Å²) in [6, 6.07) is 3.64. The van der Waals surface area contributed by atoms with E-state index >= 15 is 0 Å². The molecule has 0 amide bonds. The highest BCUT2D eigenvalue weighted by atomic mass is 32.2. The van der Waals surface area contributed by atoms with Gasteiger partial charge < -0.3 is 4.98 Å². The van der Waals surface area contributed by atoms with Gasteiger partial charge in [0.05, 0.1) is 17.8 Å². The summed E-state index contributed by atoms with van der Waals surface area (Å²) in [5.41, 5.74) is 2.38. The summed E-state index contributed by atoms with van der Waals surface area (Å²) >= 11 is 0. The van der Waals surface area contributed by atoms with Crippen molar-refractivity contribution >= 4 is 32.0 Å². The van der Waals surface area contributed by atoms with Crippen LogP contribution in [0.2, 0.25) is 0 Å². The molecule has 3 aromatic heterocycles. The van der Waals surface area contributed by atoms with Gasteiger partial charge in [-0.3, -0.25) is 0 Å². The fourth-order valence-electron chi connectivity index (χ4n) is 3.48. The van der Waals surface area contributed by atoms with Crippen LogP contribution >= 0.6 is 0 Å². The summed E-state index contributed by atoms with van der Waals surface area (Å²) in [5, 5.41) is 10.6. The standard InChI is InChI=1S/C16H16N6O2S/c1-10-20-13-8-19-16-12(2-5-18-16)14(13)15(21-10)11-3-6-22(9-11)25(23,24)7-4-17/h2,5,8,11H,3,6-7,9H2,1H3,(H,20,21). The lowest BCUT2D eigenvalue weighted by atomic mass is 9.99. The minimum Gasteiger partial charge on any atom is -0.347 e. The van der Waals surface area contributed by atoms with Gasteiger partial charge in [0.25, 0.3) is 0 Å². The average Bonchev–Trinajstić information content (AvgIpc) is 3.23. The van der Waals surface area contributed by atoms with E-state index in [1.807, 2.05) is 13.0 Å². The number of pyridine rings is 1. The van der Waals surface area contributed by atoms with E-state index in [0.717, 1.165) is 27.8 Å². The average molecular weight is 356 g/mol. The third kappa shape index (κ3) is 2.63. The number of hydrogen-bond acceptors (Lipinski definition) is 6. The van der Waals surface area contributed by atoms with Crippen molar-refractivity contribution in [2.45, 2.75) is 19.3 Å². The fraction of sp³-hybridized carbons (Fsp3) is 0.375. The molecule has 9 heteroatoms. The van der Waals surface area contributed by atoms with Gasteiger partial charge >= 0.3 is 0 Å². The first-order chi connectivity index (χ1) is 12.0. The molecule has 0 radical (unpaired) electrons. The number of aromatic amines is 1. The van der Waals surface area contributed by atoms with Crippen molar-refractivity contribution in [2.24, 2.45) is 0 Å². The van der Waals surface area contributed by atoms with Gasteiger partial charge in [-0.05, 0) is 19.4 Å². The number of sulfonamides is 1. The Kier molecular flexibility index (Phi) is 3.67. The van der Waals surface area contributed by atoms with Crippen molar-refractivity contribution in [1.82, 2.24) is 24.2 Å². The van der Waals surface area contributed by atoms with Crippen LogP contribution in [-0.4, -0.2) is 51.5 Å². The van der Waals surface area contributed by atoms with Crippen molar-refractivity contribution in [3.8, 4) is 6.07 Å². The number of nitrogens with zero attached hydrogens (tertiary/aromatic N) is 5. The van der Waals surface area contributed by atoms with Crippen LogP contribution in [0.1, 0.15) is 23.9 Å². The van der Waals surface area contributed by atoms with E-state index in [1.54, 1.807) is 18.5 Å². The van der Waals surface area contributed by atoms with E-state index < -0.39 is 15.8 Å². The molecule has 0 spiro atoms. The quantitative estimate of drug-likeness (QED) is 0.759. The van der Waals surface area contributed by atoms with E-state index in [0.29, 0.717) is 25.2 Å². The Bertz CT molecular complexity index is 1110. The molecule has 8 nitrogen and oxygen atoms in total. The molecule has 4 heterocycles. The lowest BCUT2D eigenvalue weighted by Gasteiger charge is -2.17. The predicted octanol–water partition coefficient (Wildman–Crippen LogP) is 1.46. The van der Waals surface area contributed by atoms with Crippen LogP contribution in [-0.2, 0) is 10.0 Å². The number of H-pyrrole nitrogens is 1. The maximum absolute atomic E-state index is 12.2. The highest BCUT2D eigenvalue weighted by Gasteiger charge is 2.33. The zero-order valence-corrected chi connectivity index (χ0v) is 14.4. The summed E-state index contributed by atoms with van der Waals surface area (Å²) < 4.78 is 25.7. The Morgan fingerprint density at radius 1 is 1.44 bits per heavy atom. The molecule has 1 aliphatic rings. The van der Waals surface area contributed by atoms with E-state index in [2.05, 4.69) is 19.9 Å². The lowest BCUT2D eigenvalue weighted by molar-refractivity contribution is 0.475. The third-order valence-corrected chi connectivity index (χ3v) is 6.20. The van der Waals surface area contributed by atoms with E-state index in [4.69, 9.17) is 5.26 Å². The van der Waals surface area contributed by atoms with Crippen LogP contribution in [0.15, 0.2) is 18.5 Å². The molecule has 1 unspecified atom stereocenters. The van der Waals surface area contributed by atoms with E-state index in [9.17, 15) is 8.42 Å². The monoisotopic (exact) mass is 356 g/mol. The van der Waals surface area contributed by atoms with Gasteiger partial charge in [-0.1, -0.05) is 0 Å². The molecule has 1 aliphatic heterocycles. The minimum atomic E-state index is -3.53. The highest BCUT2D eigenvalue weighted by Crippen LogP contribution is 2.34.